The van der Waals surface area contributed by atoms with E-state index < -0.39 is 15.9 Å². The molecule has 2 aliphatic rings. The molecule has 8 heteroatoms. The number of halogens is 1. The summed E-state index contributed by atoms with van der Waals surface area (Å²) in [6.07, 6.45) is 2.99. The Bertz CT molecular complexity index is 1090. The van der Waals surface area contributed by atoms with E-state index in [1.54, 1.807) is 24.3 Å². The Morgan fingerprint density at radius 2 is 1.80 bits per heavy atom. The molecule has 2 aromatic carbocycles. The second-order valence-electron chi connectivity index (χ2n) is 7.92. The Hall–Kier alpha value is -2.40. The van der Waals surface area contributed by atoms with Gasteiger partial charge in [-0.1, -0.05) is 23.7 Å². The van der Waals surface area contributed by atoms with E-state index in [9.17, 15) is 18.5 Å². The molecular formula is C22H22ClN3O3S. The fourth-order valence-corrected chi connectivity index (χ4v) is 5.49. The van der Waals surface area contributed by atoms with Crippen molar-refractivity contribution in [3.05, 3.63) is 59.1 Å². The zero-order valence-corrected chi connectivity index (χ0v) is 17.9. The highest BCUT2D eigenvalue weighted by Crippen LogP contribution is 2.47. The third kappa shape index (κ3) is 4.08. The highest BCUT2D eigenvalue weighted by molar-refractivity contribution is 7.89. The lowest BCUT2D eigenvalue weighted by molar-refractivity contribution is -0.120. The van der Waals surface area contributed by atoms with Gasteiger partial charge in [0.25, 0.3) is 0 Å². The first-order valence-corrected chi connectivity index (χ1v) is 11.7. The number of nitrogens with zero attached hydrogens (tertiary/aromatic N) is 2. The van der Waals surface area contributed by atoms with Gasteiger partial charge in [0.15, 0.2) is 0 Å². The third-order valence-electron chi connectivity index (χ3n) is 5.88. The minimum Gasteiger partial charge on any atom is -0.326 e. The van der Waals surface area contributed by atoms with Crippen molar-refractivity contribution in [3.8, 4) is 6.07 Å². The van der Waals surface area contributed by atoms with Crippen molar-refractivity contribution < 1.29 is 13.2 Å². The predicted octanol–water partition coefficient (Wildman–Crippen LogP) is 3.93. The number of nitrogens with one attached hydrogen (secondary N) is 1. The summed E-state index contributed by atoms with van der Waals surface area (Å²) in [5, 5.41) is 12.7. The lowest BCUT2D eigenvalue weighted by Gasteiger charge is -2.31. The average Bonchev–Trinajstić information content (AvgIpc) is 3.56. The van der Waals surface area contributed by atoms with Gasteiger partial charge >= 0.3 is 0 Å². The fraction of sp³-hybridized carbons (Fsp3) is 0.364. The zero-order valence-electron chi connectivity index (χ0n) is 16.3. The third-order valence-corrected chi connectivity index (χ3v) is 8.01. The highest BCUT2D eigenvalue weighted by Gasteiger charge is 2.44. The van der Waals surface area contributed by atoms with E-state index in [2.05, 4.69) is 11.4 Å². The molecule has 0 aromatic heterocycles. The number of amides is 1. The Kier molecular flexibility index (Phi) is 5.58. The molecule has 1 aliphatic heterocycles. The molecule has 1 amide bonds. The number of benzene rings is 2. The van der Waals surface area contributed by atoms with Crippen molar-refractivity contribution in [2.45, 2.75) is 36.0 Å². The van der Waals surface area contributed by atoms with Gasteiger partial charge in [-0.2, -0.15) is 9.57 Å². The van der Waals surface area contributed by atoms with Crippen molar-refractivity contribution in [1.82, 2.24) is 4.31 Å². The Morgan fingerprint density at radius 3 is 2.40 bits per heavy atom. The maximum Gasteiger partial charge on any atom is 0.243 e. The van der Waals surface area contributed by atoms with Gasteiger partial charge in [0, 0.05) is 23.8 Å². The molecule has 0 unspecified atom stereocenters. The molecule has 1 saturated heterocycles. The number of anilines is 1. The maximum absolute atomic E-state index is 12.9. The maximum atomic E-state index is 12.9. The molecule has 1 heterocycles. The zero-order chi connectivity index (χ0) is 21.4. The van der Waals surface area contributed by atoms with Crippen LogP contribution in [0.4, 0.5) is 5.69 Å². The van der Waals surface area contributed by atoms with Crippen LogP contribution in [0.1, 0.15) is 31.2 Å². The van der Waals surface area contributed by atoms with Crippen LogP contribution in [0.15, 0.2) is 53.4 Å². The monoisotopic (exact) mass is 443 g/mol. The molecule has 4 rings (SSSR count). The first kappa shape index (κ1) is 20.9. The van der Waals surface area contributed by atoms with Crippen LogP contribution >= 0.6 is 11.6 Å². The van der Waals surface area contributed by atoms with Crippen LogP contribution < -0.4 is 5.32 Å². The smallest absolute Gasteiger partial charge is 0.243 e. The van der Waals surface area contributed by atoms with E-state index in [4.69, 9.17) is 11.6 Å². The van der Waals surface area contributed by atoms with E-state index >= 15 is 0 Å². The number of hydrogen-bond acceptors (Lipinski definition) is 4. The Balaban J connectivity index is 1.42. The largest absolute Gasteiger partial charge is 0.326 e. The van der Waals surface area contributed by atoms with Crippen LogP contribution in [-0.4, -0.2) is 31.7 Å². The molecule has 1 aliphatic carbocycles. The molecule has 1 saturated carbocycles. The summed E-state index contributed by atoms with van der Waals surface area (Å²) in [5.74, 6) is -0.616. The number of carbonyl (C=O) groups excluding carboxylic acids is 1. The highest BCUT2D eigenvalue weighted by atomic mass is 35.5. The van der Waals surface area contributed by atoms with Crippen molar-refractivity contribution in [2.75, 3.05) is 18.4 Å². The molecule has 2 fully saturated rings. The number of sulfonamides is 1. The quantitative estimate of drug-likeness (QED) is 0.757. The Morgan fingerprint density at radius 1 is 1.13 bits per heavy atom. The number of rotatable bonds is 5. The van der Waals surface area contributed by atoms with Crippen LogP contribution in [-0.2, 0) is 20.2 Å². The molecule has 156 valence electrons. The van der Waals surface area contributed by atoms with Crippen LogP contribution in [0.25, 0.3) is 0 Å². The molecule has 2 aromatic rings. The van der Waals surface area contributed by atoms with Crippen molar-refractivity contribution in [2.24, 2.45) is 5.92 Å². The summed E-state index contributed by atoms with van der Waals surface area (Å²) in [5.41, 5.74) is 1.26. The van der Waals surface area contributed by atoms with Crippen molar-refractivity contribution in [1.29, 1.82) is 5.26 Å². The van der Waals surface area contributed by atoms with Gasteiger partial charge in [-0.3, -0.25) is 4.79 Å². The molecule has 30 heavy (non-hydrogen) atoms. The summed E-state index contributed by atoms with van der Waals surface area (Å²) in [7, 11) is -3.67. The van der Waals surface area contributed by atoms with E-state index in [0.717, 1.165) is 18.4 Å². The van der Waals surface area contributed by atoms with Crippen LogP contribution in [0.5, 0.6) is 0 Å². The van der Waals surface area contributed by atoms with E-state index in [-0.39, 0.29) is 22.8 Å². The number of nitriles is 1. The number of piperidine rings is 1. The van der Waals surface area contributed by atoms with Gasteiger partial charge in [0.05, 0.1) is 22.3 Å². The SMILES string of the molecule is N#CC1(c2ccc(NC(=O)[C@H]3CCCN(S(=O)(=O)c4ccc(Cl)cc4)C3)cc2)CC1. The molecule has 1 N–H and O–H groups in total. The standard InChI is InChI=1S/C22H22ClN3O3S/c23-18-5-9-20(10-6-18)30(28,29)26-13-1-2-16(14-26)21(27)25-19-7-3-17(4-8-19)22(15-24)11-12-22/h3-10,16H,1-2,11-14H2,(H,25,27)/t16-/m0/s1. The Labute approximate surface area is 181 Å². The van der Waals surface area contributed by atoms with Crippen molar-refractivity contribution in [3.63, 3.8) is 0 Å². The van der Waals surface area contributed by atoms with Crippen LogP contribution in [0, 0.1) is 17.2 Å². The lowest BCUT2D eigenvalue weighted by atomic mass is 9.97. The van der Waals surface area contributed by atoms with Gasteiger partial charge in [0.2, 0.25) is 15.9 Å². The minimum absolute atomic E-state index is 0.145. The van der Waals surface area contributed by atoms with Gasteiger partial charge < -0.3 is 5.32 Å². The summed E-state index contributed by atoms with van der Waals surface area (Å²) >= 11 is 5.86. The minimum atomic E-state index is -3.67. The van der Waals surface area contributed by atoms with E-state index in [1.165, 1.54) is 16.4 Å². The summed E-state index contributed by atoms with van der Waals surface area (Å²) in [4.78, 5) is 12.9. The van der Waals surface area contributed by atoms with Gasteiger partial charge in [-0.15, -0.1) is 0 Å². The second kappa shape index (κ2) is 8.03. The summed E-state index contributed by atoms with van der Waals surface area (Å²) < 4.78 is 27.2. The van der Waals surface area contributed by atoms with Crippen LogP contribution in [0.3, 0.4) is 0 Å². The number of carbonyl (C=O) groups is 1. The first-order chi connectivity index (χ1) is 14.3. The predicted molar refractivity (Wildman–Crippen MR) is 115 cm³/mol. The fourth-order valence-electron chi connectivity index (χ4n) is 3.84. The summed E-state index contributed by atoms with van der Waals surface area (Å²) in [6, 6.07) is 15.8. The van der Waals surface area contributed by atoms with Crippen LogP contribution in [0.2, 0.25) is 5.02 Å². The van der Waals surface area contributed by atoms with Crippen molar-refractivity contribution >= 4 is 33.2 Å². The number of hydrogen-bond donors (Lipinski definition) is 1. The van der Waals surface area contributed by atoms with E-state index in [1.807, 2.05) is 12.1 Å². The average molecular weight is 444 g/mol. The van der Waals surface area contributed by atoms with Gasteiger partial charge in [-0.05, 0) is 67.6 Å². The molecule has 0 radical (unpaired) electrons. The molecule has 0 bridgehead atoms. The lowest BCUT2D eigenvalue weighted by Crippen LogP contribution is -2.43. The topological polar surface area (TPSA) is 90.3 Å². The summed E-state index contributed by atoms with van der Waals surface area (Å²) in [6.45, 7) is 0.534. The van der Waals surface area contributed by atoms with E-state index in [0.29, 0.717) is 30.1 Å². The molecule has 6 nitrogen and oxygen atoms in total. The molecular weight excluding hydrogens is 422 g/mol. The van der Waals surface area contributed by atoms with Gasteiger partial charge in [0.1, 0.15) is 0 Å². The van der Waals surface area contributed by atoms with Gasteiger partial charge in [-0.25, -0.2) is 8.42 Å². The first-order valence-electron chi connectivity index (χ1n) is 9.92. The molecule has 0 spiro atoms. The molecule has 1 atom stereocenters. The normalized spacial score (nSPS) is 20.9. The second-order valence-corrected chi connectivity index (χ2v) is 10.3.